The molecule has 134 valence electrons. The number of halogens is 1. The summed E-state index contributed by atoms with van der Waals surface area (Å²) < 4.78 is 7.41. The molecule has 1 amide bonds. The number of carbonyl (C=O) groups is 1. The molecule has 1 heterocycles. The average Bonchev–Trinajstić information content (AvgIpc) is 3.03. The van der Waals surface area contributed by atoms with E-state index in [0.717, 1.165) is 5.56 Å². The number of amides is 1. The fourth-order valence-electron chi connectivity index (χ4n) is 2.55. The Morgan fingerprint density at radius 3 is 2.73 bits per heavy atom. The van der Waals surface area contributed by atoms with Crippen molar-refractivity contribution in [3.8, 4) is 5.75 Å². The van der Waals surface area contributed by atoms with Crippen LogP contribution in [-0.2, 0) is 11.3 Å². The van der Waals surface area contributed by atoms with E-state index in [1.54, 1.807) is 48.1 Å². The lowest BCUT2D eigenvalue weighted by Crippen LogP contribution is -2.31. The first kappa shape index (κ1) is 18.0. The maximum Gasteiger partial charge on any atom is 0.266 e. The maximum atomic E-state index is 12.4. The fraction of sp³-hybridized carbons (Fsp3) is 0.200. The number of anilines is 1. The van der Waals surface area contributed by atoms with Gasteiger partial charge in [-0.05, 0) is 43.7 Å². The van der Waals surface area contributed by atoms with Gasteiger partial charge in [-0.3, -0.25) is 4.79 Å². The smallest absolute Gasteiger partial charge is 0.266 e. The average molecular weight is 370 g/mol. The van der Waals surface area contributed by atoms with Gasteiger partial charge in [0.05, 0.1) is 12.7 Å². The molecule has 3 rings (SSSR count). The lowest BCUT2D eigenvalue weighted by molar-refractivity contribution is -0.122. The number of benzene rings is 2. The number of carbonyl (C=O) groups excluding carboxylic acids is 1. The summed E-state index contributed by atoms with van der Waals surface area (Å²) in [6.07, 6.45) is 1.01. The Balaban J connectivity index is 1.64. The van der Waals surface area contributed by atoms with Crippen molar-refractivity contribution in [2.24, 2.45) is 0 Å². The van der Waals surface area contributed by atoms with Gasteiger partial charge in [0.1, 0.15) is 11.6 Å². The molecule has 0 bridgehead atoms. The summed E-state index contributed by atoms with van der Waals surface area (Å²) in [5.74, 6) is 0.972. The van der Waals surface area contributed by atoms with E-state index in [0.29, 0.717) is 23.1 Å². The second kappa shape index (κ2) is 8.06. The number of nitrogens with zero attached hydrogens (tertiary/aromatic N) is 2. The van der Waals surface area contributed by atoms with E-state index < -0.39 is 6.10 Å². The van der Waals surface area contributed by atoms with Crippen molar-refractivity contribution in [3.05, 3.63) is 76.9 Å². The first-order valence-corrected chi connectivity index (χ1v) is 8.69. The van der Waals surface area contributed by atoms with Gasteiger partial charge >= 0.3 is 0 Å². The Morgan fingerprint density at radius 2 is 2.00 bits per heavy atom. The van der Waals surface area contributed by atoms with Gasteiger partial charge in [-0.1, -0.05) is 41.4 Å². The van der Waals surface area contributed by atoms with Gasteiger partial charge in [-0.25, -0.2) is 4.68 Å². The van der Waals surface area contributed by atoms with E-state index in [1.807, 2.05) is 25.1 Å². The first-order valence-electron chi connectivity index (χ1n) is 8.32. The first-order chi connectivity index (χ1) is 12.5. The van der Waals surface area contributed by atoms with E-state index in [9.17, 15) is 4.79 Å². The zero-order chi connectivity index (χ0) is 18.5. The predicted molar refractivity (Wildman–Crippen MR) is 103 cm³/mol. The molecule has 0 saturated carbocycles. The summed E-state index contributed by atoms with van der Waals surface area (Å²) in [6.45, 7) is 4.33. The van der Waals surface area contributed by atoms with Crippen LogP contribution >= 0.6 is 11.6 Å². The lowest BCUT2D eigenvalue weighted by atomic mass is 10.1. The Hall–Kier alpha value is -2.79. The van der Waals surface area contributed by atoms with Crippen LogP contribution in [0.3, 0.4) is 0 Å². The minimum Gasteiger partial charge on any atom is -0.481 e. The van der Waals surface area contributed by atoms with Gasteiger partial charge in [0.15, 0.2) is 6.10 Å². The molecule has 5 nitrogen and oxygen atoms in total. The van der Waals surface area contributed by atoms with Crippen LogP contribution < -0.4 is 10.1 Å². The Labute approximate surface area is 157 Å². The molecule has 3 aromatic rings. The largest absolute Gasteiger partial charge is 0.481 e. The summed E-state index contributed by atoms with van der Waals surface area (Å²) in [5, 5.41) is 7.78. The van der Waals surface area contributed by atoms with Crippen LogP contribution in [0.25, 0.3) is 0 Å². The number of hydrogen-bond donors (Lipinski definition) is 1. The number of rotatable bonds is 6. The molecule has 2 aromatic carbocycles. The molecule has 1 aromatic heterocycles. The highest BCUT2D eigenvalue weighted by molar-refractivity contribution is 6.30. The van der Waals surface area contributed by atoms with Gasteiger partial charge < -0.3 is 10.1 Å². The molecule has 26 heavy (non-hydrogen) atoms. The lowest BCUT2D eigenvalue weighted by Gasteiger charge is -2.15. The third-order valence-corrected chi connectivity index (χ3v) is 4.13. The molecular weight excluding hydrogens is 350 g/mol. The second-order valence-electron chi connectivity index (χ2n) is 6.07. The molecule has 0 spiro atoms. The van der Waals surface area contributed by atoms with Gasteiger partial charge in [0.2, 0.25) is 0 Å². The van der Waals surface area contributed by atoms with Crippen LogP contribution in [0.2, 0.25) is 5.02 Å². The van der Waals surface area contributed by atoms with Crippen molar-refractivity contribution in [1.29, 1.82) is 0 Å². The van der Waals surface area contributed by atoms with E-state index in [4.69, 9.17) is 16.3 Å². The molecule has 0 fully saturated rings. The number of ether oxygens (including phenoxy) is 1. The Morgan fingerprint density at radius 1 is 1.23 bits per heavy atom. The number of nitrogens with one attached hydrogen (secondary N) is 1. The van der Waals surface area contributed by atoms with Crippen molar-refractivity contribution >= 4 is 23.3 Å². The fourth-order valence-corrected chi connectivity index (χ4v) is 2.67. The highest BCUT2D eigenvalue weighted by Crippen LogP contribution is 2.18. The summed E-state index contributed by atoms with van der Waals surface area (Å²) >= 11 is 5.85. The topological polar surface area (TPSA) is 56.2 Å². The van der Waals surface area contributed by atoms with Gasteiger partial charge in [-0.15, -0.1) is 0 Å². The van der Waals surface area contributed by atoms with E-state index in [1.165, 1.54) is 5.56 Å². The van der Waals surface area contributed by atoms with Crippen LogP contribution in [0, 0.1) is 6.92 Å². The zero-order valence-electron chi connectivity index (χ0n) is 14.6. The summed E-state index contributed by atoms with van der Waals surface area (Å²) in [4.78, 5) is 12.4. The minimum absolute atomic E-state index is 0.244. The third kappa shape index (κ3) is 4.64. The van der Waals surface area contributed by atoms with Crippen LogP contribution in [-0.4, -0.2) is 21.8 Å². The molecule has 1 atom stereocenters. The summed E-state index contributed by atoms with van der Waals surface area (Å²) in [7, 11) is 0. The van der Waals surface area contributed by atoms with Crippen molar-refractivity contribution in [3.63, 3.8) is 0 Å². The monoisotopic (exact) mass is 369 g/mol. The quantitative estimate of drug-likeness (QED) is 0.704. The van der Waals surface area contributed by atoms with Gasteiger partial charge in [0, 0.05) is 11.1 Å². The number of hydrogen-bond acceptors (Lipinski definition) is 3. The van der Waals surface area contributed by atoms with Crippen LogP contribution in [0.4, 0.5) is 5.82 Å². The van der Waals surface area contributed by atoms with Crippen molar-refractivity contribution < 1.29 is 9.53 Å². The minimum atomic E-state index is -0.654. The number of aromatic nitrogens is 2. The molecule has 1 unspecified atom stereocenters. The van der Waals surface area contributed by atoms with Gasteiger partial charge in [-0.2, -0.15) is 5.10 Å². The Bertz CT molecular complexity index is 890. The molecule has 0 saturated heterocycles. The molecule has 0 aliphatic carbocycles. The van der Waals surface area contributed by atoms with Crippen LogP contribution in [0.5, 0.6) is 5.75 Å². The normalized spacial score (nSPS) is 11.8. The van der Waals surface area contributed by atoms with Crippen LogP contribution in [0.15, 0.2) is 60.8 Å². The Kier molecular flexibility index (Phi) is 5.58. The molecular formula is C20H20ClN3O2. The van der Waals surface area contributed by atoms with E-state index >= 15 is 0 Å². The molecule has 0 aliphatic rings. The van der Waals surface area contributed by atoms with E-state index in [2.05, 4.69) is 16.5 Å². The van der Waals surface area contributed by atoms with Crippen molar-refractivity contribution in [1.82, 2.24) is 9.78 Å². The third-order valence-electron chi connectivity index (χ3n) is 3.88. The van der Waals surface area contributed by atoms with Gasteiger partial charge in [0.25, 0.3) is 5.91 Å². The van der Waals surface area contributed by atoms with E-state index in [-0.39, 0.29) is 5.91 Å². The highest BCUT2D eigenvalue weighted by Gasteiger charge is 2.17. The summed E-state index contributed by atoms with van der Waals surface area (Å²) in [6, 6.07) is 16.9. The molecule has 0 aliphatic heterocycles. The molecule has 6 heteroatoms. The van der Waals surface area contributed by atoms with Crippen molar-refractivity contribution in [2.75, 3.05) is 5.32 Å². The zero-order valence-corrected chi connectivity index (χ0v) is 15.4. The maximum absolute atomic E-state index is 12.4. The number of aryl methyl sites for hydroxylation is 1. The predicted octanol–water partition coefficient (Wildman–Crippen LogP) is 4.30. The standard InChI is InChI=1S/C20H20ClN3O2/c1-14-4-3-5-16(12-14)13-24-19(10-11-22-24)23-20(25)15(2)26-18-8-6-17(21)7-9-18/h3-12,15H,13H2,1-2H3,(H,23,25). The van der Waals surface area contributed by atoms with Crippen LogP contribution in [0.1, 0.15) is 18.1 Å². The SMILES string of the molecule is Cc1cccc(Cn2nccc2NC(=O)C(C)Oc2ccc(Cl)cc2)c1. The highest BCUT2D eigenvalue weighted by atomic mass is 35.5. The van der Waals surface area contributed by atoms with Crippen molar-refractivity contribution in [2.45, 2.75) is 26.5 Å². The summed E-state index contributed by atoms with van der Waals surface area (Å²) in [5.41, 5.74) is 2.31. The molecule has 1 N–H and O–H groups in total. The second-order valence-corrected chi connectivity index (χ2v) is 6.50. The molecule has 0 radical (unpaired) electrons.